The molecule has 0 aliphatic heterocycles. The van der Waals surface area contributed by atoms with Crippen molar-refractivity contribution >= 4 is 11.8 Å². The van der Waals surface area contributed by atoms with Crippen LogP contribution in [0.2, 0.25) is 0 Å². The molecule has 1 aromatic carbocycles. The van der Waals surface area contributed by atoms with Crippen molar-refractivity contribution in [3.63, 3.8) is 0 Å². The molecule has 0 bridgehead atoms. The lowest BCUT2D eigenvalue weighted by atomic mass is 9.96. The molecule has 0 aliphatic carbocycles. The van der Waals surface area contributed by atoms with Crippen molar-refractivity contribution in [1.82, 2.24) is 0 Å². The van der Waals surface area contributed by atoms with Gasteiger partial charge in [-0.25, -0.2) is 4.79 Å². The fraction of sp³-hybridized carbons (Fsp3) is 0.533. The van der Waals surface area contributed by atoms with Crippen LogP contribution in [-0.4, -0.2) is 6.08 Å². The highest BCUT2D eigenvalue weighted by Gasteiger charge is 2.08. The molecule has 0 saturated carbocycles. The second kappa shape index (κ2) is 7.03. The van der Waals surface area contributed by atoms with Gasteiger partial charge in [-0.15, -0.1) is 0 Å². The third kappa shape index (κ3) is 3.54. The standard InChI is InChI=1S/C15H21NO/c1-4-7-12-9-13(6-3)15(16-11-17)14(10-12)8-5-2/h9-10H,4-8H2,1-3H3. The zero-order valence-corrected chi connectivity index (χ0v) is 11.0. The predicted octanol–water partition coefficient (Wildman–Crippen LogP) is 4.12. The molecule has 0 aliphatic rings. The van der Waals surface area contributed by atoms with E-state index in [1.54, 1.807) is 6.08 Å². The maximum absolute atomic E-state index is 10.5. The van der Waals surface area contributed by atoms with Crippen molar-refractivity contribution in [1.29, 1.82) is 0 Å². The topological polar surface area (TPSA) is 29.4 Å². The summed E-state index contributed by atoms with van der Waals surface area (Å²) in [6.45, 7) is 6.43. The lowest BCUT2D eigenvalue weighted by Crippen LogP contribution is -1.95. The van der Waals surface area contributed by atoms with Crippen LogP contribution in [-0.2, 0) is 24.1 Å². The number of hydrogen-bond donors (Lipinski definition) is 0. The van der Waals surface area contributed by atoms with Crippen LogP contribution < -0.4 is 0 Å². The van der Waals surface area contributed by atoms with Crippen LogP contribution in [0.3, 0.4) is 0 Å². The van der Waals surface area contributed by atoms with Gasteiger partial charge in [0.1, 0.15) is 0 Å². The maximum Gasteiger partial charge on any atom is 0.240 e. The highest BCUT2D eigenvalue weighted by atomic mass is 16.1. The van der Waals surface area contributed by atoms with E-state index in [4.69, 9.17) is 0 Å². The minimum Gasteiger partial charge on any atom is -0.211 e. The average molecular weight is 231 g/mol. The van der Waals surface area contributed by atoms with E-state index in [9.17, 15) is 4.79 Å². The quantitative estimate of drug-likeness (QED) is 0.535. The first kappa shape index (κ1) is 13.7. The van der Waals surface area contributed by atoms with Gasteiger partial charge >= 0.3 is 0 Å². The Morgan fingerprint density at radius 1 is 1.06 bits per heavy atom. The SMILES string of the molecule is CCCc1cc(CC)c(N=C=O)c(CCC)c1. The number of aryl methyl sites for hydroxylation is 3. The van der Waals surface area contributed by atoms with Crippen molar-refractivity contribution in [2.45, 2.75) is 52.9 Å². The molecule has 0 amide bonds. The number of carbonyl (C=O) groups excluding carboxylic acids is 1. The van der Waals surface area contributed by atoms with Crippen molar-refractivity contribution in [2.24, 2.45) is 4.99 Å². The number of rotatable bonds is 6. The lowest BCUT2D eigenvalue weighted by molar-refractivity contribution is 0.565. The van der Waals surface area contributed by atoms with Gasteiger partial charge in [0.15, 0.2) is 0 Å². The fourth-order valence-electron chi connectivity index (χ4n) is 2.18. The molecule has 0 N–H and O–H groups in total. The summed E-state index contributed by atoms with van der Waals surface area (Å²) >= 11 is 0. The Kier molecular flexibility index (Phi) is 5.65. The van der Waals surface area contributed by atoms with Gasteiger partial charge in [0.25, 0.3) is 0 Å². The van der Waals surface area contributed by atoms with Gasteiger partial charge in [0, 0.05) is 0 Å². The van der Waals surface area contributed by atoms with E-state index < -0.39 is 0 Å². The molecule has 0 unspecified atom stereocenters. The molecule has 0 radical (unpaired) electrons. The fourth-order valence-corrected chi connectivity index (χ4v) is 2.18. The number of nitrogens with zero attached hydrogens (tertiary/aromatic N) is 1. The zero-order chi connectivity index (χ0) is 12.7. The number of aliphatic imine (C=N–C) groups is 1. The molecule has 92 valence electrons. The molecule has 17 heavy (non-hydrogen) atoms. The van der Waals surface area contributed by atoms with Gasteiger partial charge < -0.3 is 0 Å². The van der Waals surface area contributed by atoms with Crippen LogP contribution in [0.1, 0.15) is 50.3 Å². The Balaban J connectivity index is 3.28. The van der Waals surface area contributed by atoms with E-state index in [1.807, 2.05) is 0 Å². The zero-order valence-electron chi connectivity index (χ0n) is 11.0. The first-order valence-corrected chi connectivity index (χ1v) is 6.49. The molecule has 0 spiro atoms. The minimum absolute atomic E-state index is 0.851. The molecule has 2 heteroatoms. The smallest absolute Gasteiger partial charge is 0.211 e. The molecule has 1 aromatic rings. The van der Waals surface area contributed by atoms with Gasteiger partial charge in [-0.1, -0.05) is 45.7 Å². The molecule has 0 aromatic heterocycles. The number of isocyanates is 1. The molecule has 1 rings (SSSR count). The van der Waals surface area contributed by atoms with Crippen molar-refractivity contribution in [3.05, 3.63) is 28.8 Å². The van der Waals surface area contributed by atoms with Gasteiger partial charge in [-0.2, -0.15) is 4.99 Å². The summed E-state index contributed by atoms with van der Waals surface area (Å²) in [4.78, 5) is 14.4. The Labute approximate surface area is 104 Å². The molecule has 0 atom stereocenters. The number of hydrogen-bond acceptors (Lipinski definition) is 2. The highest BCUT2D eigenvalue weighted by molar-refractivity contribution is 5.60. The van der Waals surface area contributed by atoms with Crippen molar-refractivity contribution in [3.8, 4) is 0 Å². The van der Waals surface area contributed by atoms with Gasteiger partial charge in [0.05, 0.1) is 5.69 Å². The van der Waals surface area contributed by atoms with Crippen molar-refractivity contribution < 1.29 is 4.79 Å². The Morgan fingerprint density at radius 2 is 1.71 bits per heavy atom. The Morgan fingerprint density at radius 3 is 2.24 bits per heavy atom. The van der Waals surface area contributed by atoms with Crippen LogP contribution in [0.4, 0.5) is 5.69 Å². The summed E-state index contributed by atoms with van der Waals surface area (Å²) in [6.07, 6.45) is 6.88. The third-order valence-corrected chi connectivity index (χ3v) is 2.92. The minimum atomic E-state index is 0.851. The third-order valence-electron chi connectivity index (χ3n) is 2.92. The van der Waals surface area contributed by atoms with Gasteiger partial charge in [0.2, 0.25) is 6.08 Å². The van der Waals surface area contributed by atoms with Crippen LogP contribution in [0.25, 0.3) is 0 Å². The van der Waals surface area contributed by atoms with E-state index in [0.29, 0.717) is 0 Å². The second-order valence-corrected chi connectivity index (χ2v) is 4.32. The molecule has 0 saturated heterocycles. The predicted molar refractivity (Wildman–Crippen MR) is 71.6 cm³/mol. The summed E-state index contributed by atoms with van der Waals surface area (Å²) in [5, 5.41) is 0. The van der Waals surface area contributed by atoms with Crippen LogP contribution in [0.5, 0.6) is 0 Å². The largest absolute Gasteiger partial charge is 0.240 e. The van der Waals surface area contributed by atoms with Gasteiger partial charge in [-0.05, 0) is 36.0 Å². The Bertz CT molecular complexity index is 417. The number of benzene rings is 1. The first-order chi connectivity index (χ1) is 8.26. The monoisotopic (exact) mass is 231 g/mol. The van der Waals surface area contributed by atoms with Crippen LogP contribution in [0, 0.1) is 0 Å². The van der Waals surface area contributed by atoms with Crippen LogP contribution in [0.15, 0.2) is 17.1 Å². The molecule has 0 heterocycles. The maximum atomic E-state index is 10.5. The van der Waals surface area contributed by atoms with E-state index in [2.05, 4.69) is 37.9 Å². The normalized spacial score (nSPS) is 10.1. The molecular weight excluding hydrogens is 210 g/mol. The van der Waals surface area contributed by atoms with E-state index >= 15 is 0 Å². The van der Waals surface area contributed by atoms with E-state index in [0.717, 1.165) is 37.8 Å². The molecule has 2 nitrogen and oxygen atoms in total. The van der Waals surface area contributed by atoms with E-state index in [1.165, 1.54) is 16.7 Å². The average Bonchev–Trinajstić information content (AvgIpc) is 2.33. The molecule has 0 fully saturated rings. The molecular formula is C15H21NO. The highest BCUT2D eigenvalue weighted by Crippen LogP contribution is 2.28. The summed E-state index contributed by atoms with van der Waals surface area (Å²) in [5.41, 5.74) is 4.57. The van der Waals surface area contributed by atoms with Crippen LogP contribution >= 0.6 is 0 Å². The summed E-state index contributed by atoms with van der Waals surface area (Å²) in [5.74, 6) is 0. The lowest BCUT2D eigenvalue weighted by Gasteiger charge is -2.11. The summed E-state index contributed by atoms with van der Waals surface area (Å²) in [7, 11) is 0. The second-order valence-electron chi connectivity index (χ2n) is 4.32. The van der Waals surface area contributed by atoms with E-state index in [-0.39, 0.29) is 0 Å². The van der Waals surface area contributed by atoms with Gasteiger partial charge in [-0.3, -0.25) is 0 Å². The van der Waals surface area contributed by atoms with Crippen molar-refractivity contribution in [2.75, 3.05) is 0 Å². The summed E-state index contributed by atoms with van der Waals surface area (Å²) < 4.78 is 0. The summed E-state index contributed by atoms with van der Waals surface area (Å²) in [6, 6.07) is 4.38. The first-order valence-electron chi connectivity index (χ1n) is 6.49. The Hall–Kier alpha value is -1.40.